The molecular weight excluding hydrogens is 392 g/mol. The van der Waals surface area contributed by atoms with Crippen LogP contribution in [-0.2, 0) is 4.79 Å². The zero-order valence-corrected chi connectivity index (χ0v) is 16.5. The number of rotatable bonds is 5. The van der Waals surface area contributed by atoms with Gasteiger partial charge in [0.2, 0.25) is 0 Å². The largest absolute Gasteiger partial charge is 0.495 e. The van der Waals surface area contributed by atoms with Gasteiger partial charge in [0.05, 0.1) is 24.4 Å². The molecular formula is C22H21F2N3O3. The highest BCUT2D eigenvalue weighted by Gasteiger charge is 2.42. The van der Waals surface area contributed by atoms with Crippen LogP contribution in [0.2, 0.25) is 0 Å². The van der Waals surface area contributed by atoms with E-state index in [1.807, 2.05) is 0 Å². The molecule has 0 saturated heterocycles. The van der Waals surface area contributed by atoms with Crippen LogP contribution in [0.4, 0.5) is 19.3 Å². The molecule has 0 radical (unpaired) electrons. The first-order chi connectivity index (χ1) is 14.4. The smallest absolute Gasteiger partial charge is 0.322 e. The minimum Gasteiger partial charge on any atom is -0.495 e. The molecule has 2 aliphatic rings. The van der Waals surface area contributed by atoms with Crippen molar-refractivity contribution in [2.45, 2.75) is 31.8 Å². The van der Waals surface area contributed by atoms with Crippen molar-refractivity contribution in [2.24, 2.45) is 0 Å². The second-order valence-corrected chi connectivity index (χ2v) is 7.30. The molecule has 1 heterocycles. The van der Waals surface area contributed by atoms with E-state index in [9.17, 15) is 18.4 Å². The molecule has 2 aromatic carbocycles. The minimum absolute atomic E-state index is 0.0121. The summed E-state index contributed by atoms with van der Waals surface area (Å²) in [6.07, 6.45) is 1.67. The fourth-order valence-electron chi connectivity index (χ4n) is 3.73. The van der Waals surface area contributed by atoms with E-state index in [0.717, 1.165) is 25.0 Å². The number of methoxy groups -OCH3 is 1. The van der Waals surface area contributed by atoms with E-state index >= 15 is 0 Å². The maximum Gasteiger partial charge on any atom is 0.322 e. The van der Waals surface area contributed by atoms with E-state index < -0.39 is 29.6 Å². The van der Waals surface area contributed by atoms with Gasteiger partial charge >= 0.3 is 6.03 Å². The molecule has 30 heavy (non-hydrogen) atoms. The van der Waals surface area contributed by atoms with Crippen LogP contribution in [0, 0.1) is 11.6 Å². The zero-order valence-electron chi connectivity index (χ0n) is 16.5. The van der Waals surface area contributed by atoms with E-state index in [0.29, 0.717) is 17.1 Å². The first-order valence-corrected chi connectivity index (χ1v) is 9.60. The molecule has 3 amide bonds. The fourth-order valence-corrected chi connectivity index (χ4v) is 3.73. The number of para-hydroxylation sites is 2. The number of urea groups is 1. The summed E-state index contributed by atoms with van der Waals surface area (Å²) in [5.41, 5.74) is 1.10. The van der Waals surface area contributed by atoms with E-state index in [1.165, 1.54) is 18.1 Å². The number of carbonyl (C=O) groups excluding carboxylic acids is 2. The lowest BCUT2D eigenvalue weighted by Crippen LogP contribution is -2.49. The van der Waals surface area contributed by atoms with Crippen LogP contribution in [-0.4, -0.2) is 30.0 Å². The van der Waals surface area contributed by atoms with Gasteiger partial charge in [-0.05, 0) is 38.0 Å². The van der Waals surface area contributed by atoms with Crippen molar-refractivity contribution in [1.82, 2.24) is 10.2 Å². The summed E-state index contributed by atoms with van der Waals surface area (Å²) in [5.74, 6) is -1.61. The number of hydrogen-bond donors (Lipinski definition) is 2. The number of ether oxygens (including phenoxy) is 1. The van der Waals surface area contributed by atoms with Gasteiger partial charge in [0.15, 0.2) is 0 Å². The Morgan fingerprint density at radius 2 is 1.93 bits per heavy atom. The predicted octanol–water partition coefficient (Wildman–Crippen LogP) is 4.11. The Kier molecular flexibility index (Phi) is 5.15. The van der Waals surface area contributed by atoms with Gasteiger partial charge in [-0.2, -0.15) is 0 Å². The van der Waals surface area contributed by atoms with Crippen LogP contribution in [0.1, 0.15) is 31.4 Å². The number of amides is 3. The normalized spacial score (nSPS) is 18.9. The molecule has 1 atom stereocenters. The zero-order chi connectivity index (χ0) is 21.4. The monoisotopic (exact) mass is 413 g/mol. The maximum absolute atomic E-state index is 14.6. The summed E-state index contributed by atoms with van der Waals surface area (Å²) >= 11 is 0. The summed E-state index contributed by atoms with van der Waals surface area (Å²) in [6, 6.07) is 8.53. The van der Waals surface area contributed by atoms with Crippen LogP contribution in [0.3, 0.4) is 0 Å². The number of nitrogens with zero attached hydrogens (tertiary/aromatic N) is 1. The molecule has 8 heteroatoms. The molecule has 2 N–H and O–H groups in total. The van der Waals surface area contributed by atoms with Gasteiger partial charge in [-0.25, -0.2) is 13.6 Å². The first-order valence-electron chi connectivity index (χ1n) is 9.60. The number of halogens is 2. The lowest BCUT2D eigenvalue weighted by atomic mass is 9.93. The van der Waals surface area contributed by atoms with Gasteiger partial charge in [-0.3, -0.25) is 9.69 Å². The number of carbonyl (C=O) groups is 2. The summed E-state index contributed by atoms with van der Waals surface area (Å²) < 4.78 is 33.3. The van der Waals surface area contributed by atoms with Crippen LogP contribution >= 0.6 is 0 Å². The van der Waals surface area contributed by atoms with Gasteiger partial charge in [0.1, 0.15) is 17.4 Å². The third-order valence-corrected chi connectivity index (χ3v) is 5.31. The Morgan fingerprint density at radius 1 is 1.20 bits per heavy atom. The topological polar surface area (TPSA) is 70.7 Å². The van der Waals surface area contributed by atoms with E-state index in [1.54, 1.807) is 31.2 Å². The Balaban J connectivity index is 1.77. The fraction of sp³-hybridized carbons (Fsp3) is 0.273. The molecule has 1 aliphatic heterocycles. The molecule has 0 unspecified atom stereocenters. The molecule has 0 bridgehead atoms. The number of allylic oxidation sites excluding steroid dienone is 1. The van der Waals surface area contributed by atoms with E-state index in [2.05, 4.69) is 10.6 Å². The highest BCUT2D eigenvalue weighted by Crippen LogP contribution is 2.39. The third kappa shape index (κ3) is 3.60. The molecule has 1 fully saturated rings. The Hall–Kier alpha value is -3.42. The van der Waals surface area contributed by atoms with Gasteiger partial charge in [-0.1, -0.05) is 18.2 Å². The number of nitrogens with one attached hydrogen (secondary N) is 2. The van der Waals surface area contributed by atoms with Crippen molar-refractivity contribution in [3.05, 3.63) is 70.9 Å². The Labute approximate surface area is 172 Å². The second-order valence-electron chi connectivity index (χ2n) is 7.30. The van der Waals surface area contributed by atoms with Crippen molar-refractivity contribution in [2.75, 3.05) is 12.4 Å². The standard InChI is InChI=1S/C22H21F2N3O3/c1-12-19(21(28)25-17-5-3-4-6-18(17)30-2)20(15-10-7-13(23)11-16(15)24)26-22(29)27(12)14-8-9-14/h3-7,10-11,14,20H,8-9H2,1-2H3,(H,25,28)(H,26,29)/t20-/m0/s1. The van der Waals surface area contributed by atoms with Gasteiger partial charge < -0.3 is 15.4 Å². The molecule has 0 aromatic heterocycles. The van der Waals surface area contributed by atoms with Crippen molar-refractivity contribution in [3.63, 3.8) is 0 Å². The SMILES string of the molecule is COc1ccccc1NC(=O)C1=C(C)N(C2CC2)C(=O)N[C@H]1c1ccc(F)cc1F. The van der Waals surface area contributed by atoms with Gasteiger partial charge in [0.25, 0.3) is 5.91 Å². The quantitative estimate of drug-likeness (QED) is 0.775. The summed E-state index contributed by atoms with van der Waals surface area (Å²) in [5, 5.41) is 5.51. The van der Waals surface area contributed by atoms with Gasteiger partial charge in [0, 0.05) is 23.4 Å². The average molecular weight is 413 g/mol. The highest BCUT2D eigenvalue weighted by atomic mass is 19.1. The summed E-state index contributed by atoms with van der Waals surface area (Å²) in [6.45, 7) is 1.67. The van der Waals surface area contributed by atoms with Crippen LogP contribution in [0.25, 0.3) is 0 Å². The summed E-state index contributed by atoms with van der Waals surface area (Å²) in [4.78, 5) is 27.5. The molecule has 6 nitrogen and oxygen atoms in total. The minimum atomic E-state index is -1.05. The van der Waals surface area contributed by atoms with Crippen LogP contribution in [0.5, 0.6) is 5.75 Å². The molecule has 4 rings (SSSR count). The lowest BCUT2D eigenvalue weighted by molar-refractivity contribution is -0.113. The molecule has 1 aliphatic carbocycles. The predicted molar refractivity (Wildman–Crippen MR) is 107 cm³/mol. The lowest BCUT2D eigenvalue weighted by Gasteiger charge is -2.36. The van der Waals surface area contributed by atoms with Crippen molar-refractivity contribution < 1.29 is 23.1 Å². The average Bonchev–Trinajstić information content (AvgIpc) is 3.53. The summed E-state index contributed by atoms with van der Waals surface area (Å²) in [7, 11) is 1.49. The number of benzene rings is 2. The number of hydrogen-bond acceptors (Lipinski definition) is 3. The number of anilines is 1. The maximum atomic E-state index is 14.6. The van der Waals surface area contributed by atoms with Gasteiger partial charge in [-0.15, -0.1) is 0 Å². The van der Waals surface area contributed by atoms with E-state index in [4.69, 9.17) is 4.74 Å². The molecule has 0 spiro atoms. The third-order valence-electron chi connectivity index (χ3n) is 5.31. The van der Waals surface area contributed by atoms with Crippen LogP contribution in [0.15, 0.2) is 53.7 Å². The van der Waals surface area contributed by atoms with Crippen molar-refractivity contribution >= 4 is 17.6 Å². The molecule has 2 aromatic rings. The van der Waals surface area contributed by atoms with Crippen molar-refractivity contribution in [1.29, 1.82) is 0 Å². The first kappa shape index (κ1) is 19.9. The van der Waals surface area contributed by atoms with Crippen molar-refractivity contribution in [3.8, 4) is 5.75 Å². The molecule has 156 valence electrons. The molecule has 1 saturated carbocycles. The highest BCUT2D eigenvalue weighted by molar-refractivity contribution is 6.07. The van der Waals surface area contributed by atoms with E-state index in [-0.39, 0.29) is 17.2 Å². The Morgan fingerprint density at radius 3 is 2.60 bits per heavy atom. The van der Waals surface area contributed by atoms with Crippen LogP contribution < -0.4 is 15.4 Å². The second kappa shape index (κ2) is 7.78. The Bertz CT molecular complexity index is 1050.